The van der Waals surface area contributed by atoms with Gasteiger partial charge in [-0.05, 0) is 70.0 Å². The second-order valence-electron chi connectivity index (χ2n) is 10.3. The molecular formula is C27H29NO7S. The van der Waals surface area contributed by atoms with Gasteiger partial charge in [0.05, 0.1) is 29.3 Å². The monoisotopic (exact) mass is 511 g/mol. The molecule has 1 N–H and O–H groups in total. The predicted octanol–water partition coefficient (Wildman–Crippen LogP) is 4.73. The van der Waals surface area contributed by atoms with Gasteiger partial charge in [-0.15, -0.1) is 0 Å². The molecule has 1 fully saturated rings. The summed E-state index contributed by atoms with van der Waals surface area (Å²) in [5, 5.41) is 1.57. The van der Waals surface area contributed by atoms with Gasteiger partial charge in [0.2, 0.25) is 5.91 Å². The van der Waals surface area contributed by atoms with Gasteiger partial charge in [-0.2, -0.15) is 0 Å². The van der Waals surface area contributed by atoms with E-state index in [0.717, 1.165) is 17.3 Å². The van der Waals surface area contributed by atoms with Gasteiger partial charge in [-0.25, -0.2) is 0 Å². The quantitative estimate of drug-likeness (QED) is 0.420. The molecule has 4 rings (SSSR count). The second-order valence-corrected chi connectivity index (χ2v) is 11.5. The van der Waals surface area contributed by atoms with Crippen LogP contribution in [0.5, 0.6) is 17.2 Å². The van der Waals surface area contributed by atoms with Crippen LogP contribution in [0.3, 0.4) is 0 Å². The molecule has 190 valence electrons. The molecule has 2 aliphatic heterocycles. The number of imide groups is 1. The minimum Gasteiger partial charge on any atom is -0.493 e. The van der Waals surface area contributed by atoms with Crippen molar-refractivity contribution in [1.29, 1.82) is 0 Å². The number of thioether (sulfide) groups is 1. The van der Waals surface area contributed by atoms with Crippen LogP contribution < -0.4 is 19.5 Å². The molecule has 8 nitrogen and oxygen atoms in total. The van der Waals surface area contributed by atoms with Crippen molar-refractivity contribution in [1.82, 2.24) is 5.32 Å². The number of ether oxygens (including phenoxy) is 3. The average molecular weight is 512 g/mol. The Morgan fingerprint density at radius 3 is 2.44 bits per heavy atom. The highest BCUT2D eigenvalue weighted by Gasteiger charge is 2.37. The Hall–Kier alpha value is -3.33. The molecule has 2 unspecified atom stereocenters. The van der Waals surface area contributed by atoms with Crippen LogP contribution in [0, 0.1) is 5.41 Å². The van der Waals surface area contributed by atoms with E-state index >= 15 is 0 Å². The molecular weight excluding hydrogens is 482 g/mol. The zero-order valence-electron chi connectivity index (χ0n) is 20.7. The van der Waals surface area contributed by atoms with Crippen molar-refractivity contribution in [2.24, 2.45) is 5.41 Å². The molecule has 0 aromatic heterocycles. The molecule has 36 heavy (non-hydrogen) atoms. The van der Waals surface area contributed by atoms with Crippen molar-refractivity contribution >= 4 is 34.7 Å². The number of hydrogen-bond donors (Lipinski definition) is 1. The van der Waals surface area contributed by atoms with Gasteiger partial charge in [-0.1, -0.05) is 23.9 Å². The first-order chi connectivity index (χ1) is 16.9. The van der Waals surface area contributed by atoms with E-state index in [1.54, 1.807) is 39.0 Å². The topological polar surface area (TPSA) is 108 Å². The number of benzene rings is 2. The molecule has 1 saturated heterocycles. The summed E-state index contributed by atoms with van der Waals surface area (Å²) in [6.45, 7) is 7.52. The highest BCUT2D eigenvalue weighted by atomic mass is 32.2. The van der Waals surface area contributed by atoms with Gasteiger partial charge in [-0.3, -0.25) is 24.5 Å². The minimum absolute atomic E-state index is 0.0796. The Bertz CT molecular complexity index is 1200. The van der Waals surface area contributed by atoms with Gasteiger partial charge in [0.15, 0.2) is 5.78 Å². The van der Waals surface area contributed by atoms with Gasteiger partial charge in [0, 0.05) is 6.42 Å². The predicted molar refractivity (Wildman–Crippen MR) is 135 cm³/mol. The van der Waals surface area contributed by atoms with Crippen LogP contribution in [0.4, 0.5) is 4.79 Å². The zero-order valence-corrected chi connectivity index (χ0v) is 21.5. The second kappa shape index (κ2) is 9.97. The van der Waals surface area contributed by atoms with E-state index in [1.165, 1.54) is 0 Å². The summed E-state index contributed by atoms with van der Waals surface area (Å²) in [5.74, 6) is 0.726. The maximum absolute atomic E-state index is 12.9. The SMILES string of the molecule is CC1(CCOc2ccc(CC3SC(=O)NC3=O)cc2)CC(=O)c2cc(OC(=O)C(C)(C)C)ccc2O1. The summed E-state index contributed by atoms with van der Waals surface area (Å²) in [7, 11) is 0. The van der Waals surface area contributed by atoms with E-state index in [-0.39, 0.29) is 29.3 Å². The van der Waals surface area contributed by atoms with E-state index in [9.17, 15) is 19.2 Å². The van der Waals surface area contributed by atoms with Crippen molar-refractivity contribution in [3.63, 3.8) is 0 Å². The van der Waals surface area contributed by atoms with Crippen molar-refractivity contribution < 1.29 is 33.4 Å². The van der Waals surface area contributed by atoms with Crippen LogP contribution in [0.2, 0.25) is 0 Å². The van der Waals surface area contributed by atoms with Gasteiger partial charge in [0.25, 0.3) is 5.24 Å². The largest absolute Gasteiger partial charge is 0.493 e. The molecule has 0 radical (unpaired) electrons. The van der Waals surface area contributed by atoms with E-state index in [1.807, 2.05) is 31.2 Å². The normalized spacial score (nSPS) is 21.4. The van der Waals surface area contributed by atoms with Crippen molar-refractivity contribution in [2.45, 2.75) is 57.8 Å². The number of hydrogen-bond acceptors (Lipinski definition) is 8. The fraction of sp³-hybridized carbons (Fsp3) is 0.407. The standard InChI is InChI=1S/C27H29NO7S/c1-26(2,3)24(31)34-18-9-10-21-19(14-18)20(29)15-27(4,35-21)11-12-33-17-7-5-16(6-8-17)13-22-23(30)28-25(32)36-22/h5-10,14,22H,11-13,15H2,1-4H3,(H,28,30,32). The van der Waals surface area contributed by atoms with Gasteiger partial charge >= 0.3 is 5.97 Å². The Morgan fingerprint density at radius 2 is 1.81 bits per heavy atom. The van der Waals surface area contributed by atoms with Crippen LogP contribution in [0.15, 0.2) is 42.5 Å². The molecule has 0 aliphatic carbocycles. The summed E-state index contributed by atoms with van der Waals surface area (Å²) in [5.41, 5.74) is -0.0462. The smallest absolute Gasteiger partial charge is 0.316 e. The van der Waals surface area contributed by atoms with Crippen molar-refractivity contribution in [2.75, 3.05) is 6.61 Å². The molecule has 0 spiro atoms. The summed E-state index contributed by atoms with van der Waals surface area (Å²) in [6, 6.07) is 12.2. The van der Waals surface area contributed by atoms with Crippen LogP contribution >= 0.6 is 11.8 Å². The van der Waals surface area contributed by atoms with Crippen LogP contribution in [0.1, 0.15) is 56.5 Å². The average Bonchev–Trinajstić information content (AvgIpc) is 3.11. The van der Waals surface area contributed by atoms with Crippen LogP contribution in [-0.2, 0) is 16.0 Å². The molecule has 9 heteroatoms. The summed E-state index contributed by atoms with van der Waals surface area (Å²) < 4.78 is 17.4. The summed E-state index contributed by atoms with van der Waals surface area (Å²) in [4.78, 5) is 48.1. The number of carbonyl (C=O) groups is 4. The Morgan fingerprint density at radius 1 is 1.11 bits per heavy atom. The molecule has 2 aromatic carbocycles. The lowest BCUT2D eigenvalue weighted by Gasteiger charge is -2.35. The maximum atomic E-state index is 12.9. The first-order valence-corrected chi connectivity index (χ1v) is 12.6. The molecule has 0 bridgehead atoms. The third-order valence-corrected chi connectivity index (χ3v) is 6.96. The lowest BCUT2D eigenvalue weighted by atomic mass is 9.89. The van der Waals surface area contributed by atoms with E-state index in [4.69, 9.17) is 14.2 Å². The molecule has 2 aliphatic rings. The summed E-state index contributed by atoms with van der Waals surface area (Å²) in [6.07, 6.45) is 1.13. The highest BCUT2D eigenvalue weighted by molar-refractivity contribution is 8.15. The number of nitrogens with one attached hydrogen (secondary N) is 1. The third-order valence-electron chi connectivity index (χ3n) is 5.98. The highest BCUT2D eigenvalue weighted by Crippen LogP contribution is 2.37. The van der Waals surface area contributed by atoms with Crippen LogP contribution in [-0.4, -0.2) is 40.4 Å². The summed E-state index contributed by atoms with van der Waals surface area (Å²) >= 11 is 1.01. The fourth-order valence-corrected chi connectivity index (χ4v) is 4.72. The molecule has 2 atom stereocenters. The van der Waals surface area contributed by atoms with E-state index < -0.39 is 16.3 Å². The lowest BCUT2D eigenvalue weighted by molar-refractivity contribution is -0.143. The number of esters is 1. The third kappa shape index (κ3) is 6.07. The van der Waals surface area contributed by atoms with Crippen LogP contribution in [0.25, 0.3) is 0 Å². The van der Waals surface area contributed by atoms with Crippen molar-refractivity contribution in [3.8, 4) is 17.2 Å². The Balaban J connectivity index is 1.31. The Labute approximate surface area is 214 Å². The molecule has 2 amide bonds. The molecule has 2 aromatic rings. The first kappa shape index (κ1) is 25.8. The lowest BCUT2D eigenvalue weighted by Crippen LogP contribution is -2.40. The Kier molecular flexibility index (Phi) is 7.13. The molecule has 2 heterocycles. The number of fused-ring (bicyclic) bond motifs is 1. The van der Waals surface area contributed by atoms with E-state index in [0.29, 0.717) is 42.3 Å². The fourth-order valence-electron chi connectivity index (χ4n) is 3.86. The molecule has 0 saturated carbocycles. The number of amides is 2. The van der Waals surface area contributed by atoms with Gasteiger partial charge < -0.3 is 14.2 Å². The van der Waals surface area contributed by atoms with E-state index in [2.05, 4.69) is 5.32 Å². The number of ketones is 1. The number of carbonyl (C=O) groups excluding carboxylic acids is 4. The number of Topliss-reactive ketones (excluding diaryl/α,β-unsaturated/α-hetero) is 1. The minimum atomic E-state index is -0.729. The first-order valence-electron chi connectivity index (χ1n) is 11.7. The number of rotatable bonds is 7. The maximum Gasteiger partial charge on any atom is 0.316 e. The van der Waals surface area contributed by atoms with Gasteiger partial charge in [0.1, 0.15) is 22.8 Å². The zero-order chi connectivity index (χ0) is 26.1. The van der Waals surface area contributed by atoms with Crippen molar-refractivity contribution in [3.05, 3.63) is 53.6 Å².